The fraction of sp³-hybridized carbons (Fsp3) is 0.368. The lowest BCUT2D eigenvalue weighted by Crippen LogP contribution is -2.51. The highest BCUT2D eigenvalue weighted by atomic mass is 15.2. The number of hydrogen-bond donors (Lipinski definition) is 1. The van der Waals surface area contributed by atoms with E-state index >= 15 is 0 Å². The summed E-state index contributed by atoms with van der Waals surface area (Å²) in [5, 5.41) is 3.62. The number of piperazine rings is 1. The van der Waals surface area contributed by atoms with Gasteiger partial charge in [0.2, 0.25) is 0 Å². The van der Waals surface area contributed by atoms with Crippen molar-refractivity contribution < 1.29 is 0 Å². The molecular weight excluding hydrogens is 256 g/mol. The number of anilines is 1. The van der Waals surface area contributed by atoms with E-state index < -0.39 is 0 Å². The summed E-state index contributed by atoms with van der Waals surface area (Å²) in [7, 11) is 0. The molecule has 1 N–H and O–H groups in total. The molecule has 3 rings (SSSR count). The summed E-state index contributed by atoms with van der Waals surface area (Å²) in [6, 6.07) is 18.5. The van der Waals surface area contributed by atoms with Crippen molar-refractivity contribution in [2.24, 2.45) is 0 Å². The molecule has 1 aliphatic rings. The third-order valence-corrected chi connectivity index (χ3v) is 4.35. The third kappa shape index (κ3) is 2.96. The molecule has 110 valence electrons. The molecule has 1 aliphatic heterocycles. The summed E-state index contributed by atoms with van der Waals surface area (Å²) in [6.45, 7) is 8.68. The lowest BCUT2D eigenvalue weighted by molar-refractivity contribution is 0.416. The van der Waals surface area contributed by atoms with Gasteiger partial charge in [0.15, 0.2) is 0 Å². The third-order valence-electron chi connectivity index (χ3n) is 4.35. The molecule has 21 heavy (non-hydrogen) atoms. The van der Waals surface area contributed by atoms with Crippen molar-refractivity contribution in [3.05, 3.63) is 65.2 Å². The zero-order valence-corrected chi connectivity index (χ0v) is 13.1. The van der Waals surface area contributed by atoms with Gasteiger partial charge in [-0.05, 0) is 38.0 Å². The van der Waals surface area contributed by atoms with Crippen molar-refractivity contribution in [1.82, 2.24) is 5.32 Å². The molecule has 0 aromatic heterocycles. The Morgan fingerprint density at radius 3 is 2.52 bits per heavy atom. The SMILES string of the molecule is Cc1ccc(N2CC(C)NCC2c2ccccc2)c(C)c1. The maximum Gasteiger partial charge on any atom is 0.0667 e. The molecule has 0 amide bonds. The molecule has 0 aliphatic carbocycles. The standard InChI is InChI=1S/C19H24N2/c1-14-9-10-18(15(2)11-14)21-13-16(3)20-12-19(21)17-7-5-4-6-8-17/h4-11,16,19-20H,12-13H2,1-3H3. The Balaban J connectivity index is 1.98. The maximum absolute atomic E-state index is 3.62. The van der Waals surface area contributed by atoms with Gasteiger partial charge in [0.1, 0.15) is 0 Å². The van der Waals surface area contributed by atoms with Crippen molar-refractivity contribution in [3.8, 4) is 0 Å². The Hall–Kier alpha value is -1.80. The summed E-state index contributed by atoms with van der Waals surface area (Å²) >= 11 is 0. The predicted molar refractivity (Wildman–Crippen MR) is 89.9 cm³/mol. The largest absolute Gasteiger partial charge is 0.361 e. The number of rotatable bonds is 2. The molecule has 2 unspecified atom stereocenters. The quantitative estimate of drug-likeness (QED) is 0.899. The Labute approximate surface area is 127 Å². The minimum absolute atomic E-state index is 0.406. The van der Waals surface area contributed by atoms with E-state index in [1.54, 1.807) is 0 Å². The normalized spacial score (nSPS) is 22.3. The van der Waals surface area contributed by atoms with Gasteiger partial charge >= 0.3 is 0 Å². The van der Waals surface area contributed by atoms with Crippen LogP contribution in [0.2, 0.25) is 0 Å². The number of nitrogens with zero attached hydrogens (tertiary/aromatic N) is 1. The summed E-state index contributed by atoms with van der Waals surface area (Å²) in [5.74, 6) is 0. The molecule has 0 radical (unpaired) electrons. The van der Waals surface area contributed by atoms with Gasteiger partial charge in [-0.2, -0.15) is 0 Å². The van der Waals surface area contributed by atoms with Gasteiger partial charge in [-0.1, -0.05) is 48.0 Å². The van der Waals surface area contributed by atoms with Gasteiger partial charge in [0.05, 0.1) is 6.04 Å². The maximum atomic E-state index is 3.62. The van der Waals surface area contributed by atoms with Crippen molar-refractivity contribution in [2.75, 3.05) is 18.0 Å². The van der Waals surface area contributed by atoms with E-state index in [0.29, 0.717) is 12.1 Å². The van der Waals surface area contributed by atoms with E-state index in [9.17, 15) is 0 Å². The lowest BCUT2D eigenvalue weighted by Gasteiger charge is -2.42. The number of benzene rings is 2. The van der Waals surface area contributed by atoms with Gasteiger partial charge in [0.25, 0.3) is 0 Å². The van der Waals surface area contributed by atoms with E-state index in [0.717, 1.165) is 13.1 Å². The van der Waals surface area contributed by atoms with Crippen molar-refractivity contribution in [1.29, 1.82) is 0 Å². The minimum atomic E-state index is 0.406. The summed E-state index contributed by atoms with van der Waals surface area (Å²) in [6.07, 6.45) is 0. The Bertz CT molecular complexity index is 606. The van der Waals surface area contributed by atoms with Gasteiger partial charge in [0, 0.05) is 24.8 Å². The molecule has 2 heteroatoms. The second kappa shape index (κ2) is 5.90. The number of aryl methyl sites for hydroxylation is 2. The molecular formula is C19H24N2. The van der Waals surface area contributed by atoms with Crippen LogP contribution in [0.4, 0.5) is 5.69 Å². The van der Waals surface area contributed by atoms with Crippen LogP contribution in [0, 0.1) is 13.8 Å². The lowest BCUT2D eigenvalue weighted by atomic mass is 9.99. The Morgan fingerprint density at radius 1 is 1.05 bits per heavy atom. The van der Waals surface area contributed by atoms with Crippen LogP contribution in [0.5, 0.6) is 0 Å². The summed E-state index contributed by atoms with van der Waals surface area (Å²) in [4.78, 5) is 2.56. The van der Waals surface area contributed by atoms with Crippen molar-refractivity contribution >= 4 is 5.69 Å². The highest BCUT2D eigenvalue weighted by molar-refractivity contribution is 5.56. The first kappa shape index (κ1) is 14.2. The highest BCUT2D eigenvalue weighted by Gasteiger charge is 2.27. The smallest absolute Gasteiger partial charge is 0.0667 e. The zero-order chi connectivity index (χ0) is 14.8. The van der Waals surface area contributed by atoms with E-state index in [1.807, 2.05) is 0 Å². The topological polar surface area (TPSA) is 15.3 Å². The van der Waals surface area contributed by atoms with E-state index in [2.05, 4.69) is 79.5 Å². The molecule has 2 aromatic carbocycles. The molecule has 0 spiro atoms. The number of hydrogen-bond acceptors (Lipinski definition) is 2. The number of nitrogens with one attached hydrogen (secondary N) is 1. The average molecular weight is 280 g/mol. The molecule has 1 saturated heterocycles. The van der Waals surface area contributed by atoms with Gasteiger partial charge in [-0.3, -0.25) is 0 Å². The molecule has 2 nitrogen and oxygen atoms in total. The zero-order valence-electron chi connectivity index (χ0n) is 13.1. The second-order valence-corrected chi connectivity index (χ2v) is 6.18. The molecule has 2 aromatic rings. The molecule has 2 atom stereocenters. The molecule has 1 heterocycles. The highest BCUT2D eigenvalue weighted by Crippen LogP contribution is 2.32. The van der Waals surface area contributed by atoms with E-state index in [-0.39, 0.29) is 0 Å². The summed E-state index contributed by atoms with van der Waals surface area (Å²) in [5.41, 5.74) is 5.44. The van der Waals surface area contributed by atoms with E-state index in [4.69, 9.17) is 0 Å². The fourth-order valence-electron chi connectivity index (χ4n) is 3.28. The Morgan fingerprint density at radius 2 is 1.81 bits per heavy atom. The molecule has 0 saturated carbocycles. The molecule has 0 bridgehead atoms. The monoisotopic (exact) mass is 280 g/mol. The van der Waals surface area contributed by atoms with Crippen LogP contribution in [-0.4, -0.2) is 19.1 Å². The van der Waals surface area contributed by atoms with Crippen LogP contribution in [0.3, 0.4) is 0 Å². The van der Waals surface area contributed by atoms with Gasteiger partial charge in [-0.25, -0.2) is 0 Å². The average Bonchev–Trinajstić information content (AvgIpc) is 2.48. The predicted octanol–water partition coefficient (Wildman–Crippen LogP) is 3.84. The van der Waals surface area contributed by atoms with Gasteiger partial charge in [-0.15, -0.1) is 0 Å². The first-order chi connectivity index (χ1) is 10.1. The first-order valence-electron chi connectivity index (χ1n) is 7.77. The van der Waals surface area contributed by atoms with Crippen molar-refractivity contribution in [3.63, 3.8) is 0 Å². The Kier molecular flexibility index (Phi) is 3.98. The second-order valence-electron chi connectivity index (χ2n) is 6.18. The van der Waals surface area contributed by atoms with Crippen LogP contribution in [-0.2, 0) is 0 Å². The first-order valence-corrected chi connectivity index (χ1v) is 7.77. The van der Waals surface area contributed by atoms with Crippen LogP contribution in [0.1, 0.15) is 29.7 Å². The minimum Gasteiger partial charge on any atom is -0.361 e. The van der Waals surface area contributed by atoms with Crippen molar-refractivity contribution in [2.45, 2.75) is 32.9 Å². The van der Waals surface area contributed by atoms with E-state index in [1.165, 1.54) is 22.4 Å². The van der Waals surface area contributed by atoms with Crippen LogP contribution >= 0.6 is 0 Å². The summed E-state index contributed by atoms with van der Waals surface area (Å²) < 4.78 is 0. The van der Waals surface area contributed by atoms with Gasteiger partial charge < -0.3 is 10.2 Å². The van der Waals surface area contributed by atoms with Crippen LogP contribution in [0.25, 0.3) is 0 Å². The fourth-order valence-corrected chi connectivity index (χ4v) is 3.28. The van der Waals surface area contributed by atoms with Crippen LogP contribution < -0.4 is 10.2 Å². The molecule has 1 fully saturated rings. The van der Waals surface area contributed by atoms with Crippen LogP contribution in [0.15, 0.2) is 48.5 Å².